The van der Waals surface area contributed by atoms with Crippen LogP contribution in [0.15, 0.2) is 58.1 Å². The van der Waals surface area contributed by atoms with Crippen molar-refractivity contribution in [2.75, 3.05) is 6.54 Å². The van der Waals surface area contributed by atoms with Gasteiger partial charge in [-0.15, -0.1) is 0 Å². The van der Waals surface area contributed by atoms with Crippen molar-refractivity contribution in [1.82, 2.24) is 14.9 Å². The van der Waals surface area contributed by atoms with Crippen molar-refractivity contribution in [3.05, 3.63) is 86.0 Å². The number of nitrogens with zero attached hydrogens (tertiary/aromatic N) is 2. The van der Waals surface area contributed by atoms with Gasteiger partial charge in [0.2, 0.25) is 5.43 Å². The van der Waals surface area contributed by atoms with Gasteiger partial charge in [-0.25, -0.2) is 0 Å². The number of halogens is 4. The molecule has 0 aliphatic rings. The Kier molecular flexibility index (Phi) is 6.88. The minimum atomic E-state index is -4.56. The van der Waals surface area contributed by atoms with Crippen LogP contribution in [-0.4, -0.2) is 22.0 Å². The molecule has 168 valence electrons. The minimum absolute atomic E-state index is 0.0452. The van der Waals surface area contributed by atoms with Crippen molar-refractivity contribution in [2.45, 2.75) is 33.0 Å². The average Bonchev–Trinajstić information content (AvgIpc) is 2.74. The van der Waals surface area contributed by atoms with Gasteiger partial charge in [-0.05, 0) is 66.5 Å². The van der Waals surface area contributed by atoms with E-state index in [4.69, 9.17) is 0 Å². The summed E-state index contributed by atoms with van der Waals surface area (Å²) in [5.41, 5.74) is -0.404. The molecule has 3 aromatic rings. The summed E-state index contributed by atoms with van der Waals surface area (Å²) in [5, 5.41) is 2.60. The van der Waals surface area contributed by atoms with Gasteiger partial charge in [-0.1, -0.05) is 12.1 Å². The summed E-state index contributed by atoms with van der Waals surface area (Å²) in [6.45, 7) is 5.50. The van der Waals surface area contributed by atoms with Gasteiger partial charge in [0.25, 0.3) is 5.91 Å². The summed E-state index contributed by atoms with van der Waals surface area (Å²) in [5.74, 6) is -0.588. The van der Waals surface area contributed by atoms with E-state index in [2.05, 4.69) is 26.2 Å². The number of aromatic nitrogens is 2. The maximum atomic E-state index is 13.3. The van der Waals surface area contributed by atoms with E-state index in [-0.39, 0.29) is 22.7 Å². The zero-order valence-corrected chi connectivity index (χ0v) is 19.2. The second kappa shape index (κ2) is 9.28. The molecule has 32 heavy (non-hydrogen) atoms. The summed E-state index contributed by atoms with van der Waals surface area (Å²) >= 11 is 3.33. The molecule has 0 radical (unpaired) electrons. The Balaban J connectivity index is 2.28. The predicted molar refractivity (Wildman–Crippen MR) is 120 cm³/mol. The molecule has 0 fully saturated rings. The molecule has 1 atom stereocenters. The molecular weight excluding hydrogens is 487 g/mol. The van der Waals surface area contributed by atoms with Crippen LogP contribution >= 0.6 is 15.9 Å². The molecule has 1 amide bonds. The zero-order valence-electron chi connectivity index (χ0n) is 17.6. The van der Waals surface area contributed by atoms with Crippen LogP contribution in [0.25, 0.3) is 11.1 Å². The highest BCUT2D eigenvalue weighted by Gasteiger charge is 2.31. The van der Waals surface area contributed by atoms with Gasteiger partial charge in [-0.2, -0.15) is 13.2 Å². The van der Waals surface area contributed by atoms with Crippen LogP contribution in [0, 0.1) is 6.92 Å². The third-order valence-corrected chi connectivity index (χ3v) is 5.61. The fraction of sp³-hybridized carbons (Fsp3) is 0.261. The topological polar surface area (TPSA) is 64.0 Å². The van der Waals surface area contributed by atoms with Crippen molar-refractivity contribution in [1.29, 1.82) is 0 Å². The maximum absolute atomic E-state index is 13.3. The first kappa shape index (κ1) is 23.7. The Labute approximate surface area is 191 Å². The molecule has 0 aliphatic carbocycles. The van der Waals surface area contributed by atoms with Crippen LogP contribution in [0.1, 0.15) is 47.2 Å². The molecule has 9 heteroatoms. The van der Waals surface area contributed by atoms with Gasteiger partial charge in [0, 0.05) is 34.7 Å². The van der Waals surface area contributed by atoms with Crippen LogP contribution < -0.4 is 10.7 Å². The summed E-state index contributed by atoms with van der Waals surface area (Å²) < 4.78 is 42.4. The molecule has 0 bridgehead atoms. The first-order chi connectivity index (χ1) is 15.0. The first-order valence-corrected chi connectivity index (χ1v) is 10.7. The highest BCUT2D eigenvalue weighted by Crippen LogP contribution is 2.33. The van der Waals surface area contributed by atoms with Crippen LogP contribution in [0.5, 0.6) is 0 Å². The van der Waals surface area contributed by atoms with Gasteiger partial charge in [0.15, 0.2) is 0 Å². The highest BCUT2D eigenvalue weighted by molar-refractivity contribution is 9.10. The maximum Gasteiger partial charge on any atom is 0.416 e. The number of amides is 1. The average molecular weight is 508 g/mol. The Hall–Kier alpha value is -2.94. The number of hydrogen-bond acceptors (Lipinski definition) is 3. The second-order valence-electron chi connectivity index (χ2n) is 7.25. The van der Waals surface area contributed by atoms with E-state index in [1.807, 2.05) is 13.0 Å². The van der Waals surface area contributed by atoms with Crippen LogP contribution in [0.2, 0.25) is 0 Å². The number of nitrogens with one attached hydrogen (secondary N) is 1. The Morgan fingerprint density at radius 3 is 2.56 bits per heavy atom. The van der Waals surface area contributed by atoms with Gasteiger partial charge >= 0.3 is 6.18 Å². The Bertz CT molecular complexity index is 1200. The number of pyridine rings is 2. The molecule has 1 N–H and O–H groups in total. The zero-order chi connectivity index (χ0) is 23.6. The fourth-order valence-electron chi connectivity index (χ4n) is 3.51. The third-order valence-electron chi connectivity index (χ3n) is 5.15. The van der Waals surface area contributed by atoms with E-state index in [0.717, 1.165) is 16.6 Å². The van der Waals surface area contributed by atoms with E-state index >= 15 is 0 Å². The van der Waals surface area contributed by atoms with Crippen LogP contribution in [-0.2, 0) is 6.18 Å². The smallest absolute Gasteiger partial charge is 0.352 e. The molecule has 0 saturated heterocycles. The molecule has 1 aromatic carbocycles. The molecule has 2 aromatic heterocycles. The van der Waals surface area contributed by atoms with Gasteiger partial charge in [0.1, 0.15) is 5.56 Å². The molecule has 0 spiro atoms. The summed E-state index contributed by atoms with van der Waals surface area (Å²) in [4.78, 5) is 30.2. The van der Waals surface area contributed by atoms with E-state index in [9.17, 15) is 22.8 Å². The molecule has 1 unspecified atom stereocenters. The normalized spacial score (nSPS) is 12.5. The third kappa shape index (κ3) is 4.77. The highest BCUT2D eigenvalue weighted by atomic mass is 79.9. The first-order valence-electron chi connectivity index (χ1n) is 9.87. The molecule has 3 rings (SSSR count). The van der Waals surface area contributed by atoms with Gasteiger partial charge in [-0.3, -0.25) is 14.6 Å². The van der Waals surface area contributed by atoms with Crippen molar-refractivity contribution in [2.24, 2.45) is 0 Å². The number of benzene rings is 1. The van der Waals surface area contributed by atoms with Crippen molar-refractivity contribution in [3.63, 3.8) is 0 Å². The molecule has 5 nitrogen and oxygen atoms in total. The number of alkyl halides is 3. The number of carbonyl (C=O) groups excluding carboxylic acids is 1. The van der Waals surface area contributed by atoms with Gasteiger partial charge in [0.05, 0.1) is 17.3 Å². The lowest BCUT2D eigenvalue weighted by Crippen LogP contribution is -2.31. The van der Waals surface area contributed by atoms with Gasteiger partial charge < -0.3 is 9.88 Å². The standard InChI is InChI=1S/C23H21BrF3N3O2/c1-4-28-22(32)18-12-30(13(2)19-9-8-17(24)11-29-19)14(3)20(21(18)31)15-6-5-7-16(10-15)23(25,26)27/h5-13H,4H2,1-3H3,(H,28,32). The van der Waals surface area contributed by atoms with E-state index in [0.29, 0.717) is 17.9 Å². The van der Waals surface area contributed by atoms with Crippen molar-refractivity contribution in [3.8, 4) is 11.1 Å². The van der Waals surface area contributed by atoms with Crippen LogP contribution in [0.3, 0.4) is 0 Å². The molecule has 0 aliphatic heterocycles. The quantitative estimate of drug-likeness (QED) is 0.505. The lowest BCUT2D eigenvalue weighted by molar-refractivity contribution is -0.137. The molecular formula is C23H21BrF3N3O2. The van der Waals surface area contributed by atoms with Crippen molar-refractivity contribution >= 4 is 21.8 Å². The molecule has 2 heterocycles. The molecule has 0 saturated carbocycles. The minimum Gasteiger partial charge on any atom is -0.352 e. The number of carbonyl (C=O) groups is 1. The summed E-state index contributed by atoms with van der Waals surface area (Å²) in [7, 11) is 0. The largest absolute Gasteiger partial charge is 0.416 e. The second-order valence-corrected chi connectivity index (χ2v) is 8.17. The van der Waals surface area contributed by atoms with E-state index in [1.165, 1.54) is 18.3 Å². The van der Waals surface area contributed by atoms with E-state index in [1.54, 1.807) is 30.7 Å². The lowest BCUT2D eigenvalue weighted by Gasteiger charge is -2.22. The fourth-order valence-corrected chi connectivity index (χ4v) is 3.74. The monoisotopic (exact) mass is 507 g/mol. The predicted octanol–water partition coefficient (Wildman–Crippen LogP) is 5.36. The summed E-state index contributed by atoms with van der Waals surface area (Å²) in [6.07, 6.45) is -1.49. The van der Waals surface area contributed by atoms with E-state index < -0.39 is 23.1 Å². The Morgan fingerprint density at radius 1 is 1.25 bits per heavy atom. The Morgan fingerprint density at radius 2 is 1.97 bits per heavy atom. The number of rotatable bonds is 5. The van der Waals surface area contributed by atoms with Crippen molar-refractivity contribution < 1.29 is 18.0 Å². The lowest BCUT2D eigenvalue weighted by atomic mass is 9.98. The summed E-state index contributed by atoms with van der Waals surface area (Å²) in [6, 6.07) is 7.78. The SMILES string of the molecule is CCNC(=O)c1cn(C(C)c2ccc(Br)cn2)c(C)c(-c2cccc(C(F)(F)F)c2)c1=O. The number of hydrogen-bond donors (Lipinski definition) is 1. The van der Waals surface area contributed by atoms with Crippen LogP contribution in [0.4, 0.5) is 13.2 Å².